The standard InChI is InChI=1S/C12H22N4O3S/c1-15-19-20(17,18)7-6-16-5-4-10-2-3-12(14)11(8-10)9-13/h2-3,8,15-16H,4-7,9,13-14H2,1H3. The van der Waals surface area contributed by atoms with Crippen molar-refractivity contribution in [2.45, 2.75) is 13.0 Å². The summed E-state index contributed by atoms with van der Waals surface area (Å²) < 4.78 is 26.9. The summed E-state index contributed by atoms with van der Waals surface area (Å²) in [7, 11) is -2.10. The van der Waals surface area contributed by atoms with Crippen LogP contribution in [0.2, 0.25) is 0 Å². The first-order chi connectivity index (χ1) is 9.48. The highest BCUT2D eigenvalue weighted by molar-refractivity contribution is 7.86. The molecule has 0 spiro atoms. The third kappa shape index (κ3) is 5.85. The zero-order chi connectivity index (χ0) is 15.0. The Kier molecular flexibility index (Phi) is 6.89. The van der Waals surface area contributed by atoms with Gasteiger partial charge in [0.15, 0.2) is 0 Å². The van der Waals surface area contributed by atoms with Crippen molar-refractivity contribution in [1.82, 2.24) is 10.8 Å². The molecular formula is C12H22N4O3S. The summed E-state index contributed by atoms with van der Waals surface area (Å²) in [6, 6.07) is 5.75. The predicted octanol–water partition coefficient (Wildman–Crippen LogP) is -0.660. The number of rotatable bonds is 9. The quantitative estimate of drug-likeness (QED) is 0.271. The molecule has 7 nitrogen and oxygen atoms in total. The van der Waals surface area contributed by atoms with Gasteiger partial charge in [-0.15, -0.1) is 0 Å². The van der Waals surface area contributed by atoms with Gasteiger partial charge in [-0.05, 0) is 30.2 Å². The van der Waals surface area contributed by atoms with E-state index in [1.54, 1.807) is 0 Å². The Bertz CT molecular complexity index is 519. The van der Waals surface area contributed by atoms with Crippen LogP contribution in [0.1, 0.15) is 11.1 Å². The molecule has 20 heavy (non-hydrogen) atoms. The van der Waals surface area contributed by atoms with E-state index in [9.17, 15) is 8.42 Å². The summed E-state index contributed by atoms with van der Waals surface area (Å²) in [5, 5.41) is 3.05. The Labute approximate surface area is 119 Å². The molecule has 114 valence electrons. The number of nitrogens with two attached hydrogens (primary N) is 2. The van der Waals surface area contributed by atoms with E-state index in [1.807, 2.05) is 18.2 Å². The lowest BCUT2D eigenvalue weighted by Gasteiger charge is -2.08. The number of nitrogen functional groups attached to an aromatic ring is 1. The summed E-state index contributed by atoms with van der Waals surface area (Å²) in [6.07, 6.45) is 0.778. The van der Waals surface area contributed by atoms with Gasteiger partial charge in [0.05, 0.1) is 5.75 Å². The summed E-state index contributed by atoms with van der Waals surface area (Å²) in [5.41, 5.74) is 16.2. The van der Waals surface area contributed by atoms with Crippen LogP contribution in [-0.2, 0) is 27.4 Å². The van der Waals surface area contributed by atoms with E-state index >= 15 is 0 Å². The average Bonchev–Trinajstić information content (AvgIpc) is 2.40. The second-order valence-electron chi connectivity index (χ2n) is 4.29. The second kappa shape index (κ2) is 8.18. The first kappa shape index (κ1) is 16.9. The van der Waals surface area contributed by atoms with Crippen molar-refractivity contribution in [3.05, 3.63) is 29.3 Å². The van der Waals surface area contributed by atoms with Crippen molar-refractivity contribution in [3.8, 4) is 0 Å². The maximum Gasteiger partial charge on any atom is 0.284 e. The fourth-order valence-electron chi connectivity index (χ4n) is 1.71. The summed E-state index contributed by atoms with van der Waals surface area (Å²) in [6.45, 7) is 1.42. The molecule has 0 saturated heterocycles. The van der Waals surface area contributed by atoms with Crippen LogP contribution in [0.5, 0.6) is 0 Å². The van der Waals surface area contributed by atoms with Gasteiger partial charge in [0.1, 0.15) is 0 Å². The lowest BCUT2D eigenvalue weighted by atomic mass is 10.1. The molecule has 0 unspecified atom stereocenters. The Morgan fingerprint density at radius 1 is 1.30 bits per heavy atom. The minimum absolute atomic E-state index is 0.0797. The van der Waals surface area contributed by atoms with Crippen molar-refractivity contribution >= 4 is 15.8 Å². The summed E-state index contributed by atoms with van der Waals surface area (Å²) in [4.78, 5) is 0. The highest BCUT2D eigenvalue weighted by atomic mass is 32.2. The SMILES string of the molecule is CNOS(=O)(=O)CCNCCc1ccc(N)c(CN)c1. The van der Waals surface area contributed by atoms with Crippen LogP contribution in [0.4, 0.5) is 5.69 Å². The van der Waals surface area contributed by atoms with E-state index in [0.29, 0.717) is 25.3 Å². The van der Waals surface area contributed by atoms with E-state index in [1.165, 1.54) is 7.05 Å². The van der Waals surface area contributed by atoms with Crippen molar-refractivity contribution in [2.75, 3.05) is 31.6 Å². The number of hydroxylamine groups is 1. The van der Waals surface area contributed by atoms with E-state index in [4.69, 9.17) is 11.5 Å². The van der Waals surface area contributed by atoms with E-state index in [-0.39, 0.29) is 5.75 Å². The largest absolute Gasteiger partial charge is 0.398 e. The minimum atomic E-state index is -3.50. The molecule has 0 atom stereocenters. The molecule has 1 aromatic carbocycles. The van der Waals surface area contributed by atoms with E-state index in [2.05, 4.69) is 15.1 Å². The normalized spacial score (nSPS) is 11.7. The van der Waals surface area contributed by atoms with Crippen molar-refractivity contribution in [3.63, 3.8) is 0 Å². The van der Waals surface area contributed by atoms with Crippen LogP contribution in [0, 0.1) is 0 Å². The average molecular weight is 302 g/mol. The van der Waals surface area contributed by atoms with Gasteiger partial charge in [0.25, 0.3) is 10.1 Å². The smallest absolute Gasteiger partial charge is 0.284 e. The van der Waals surface area contributed by atoms with Gasteiger partial charge in [0.2, 0.25) is 0 Å². The Morgan fingerprint density at radius 2 is 2.05 bits per heavy atom. The lowest BCUT2D eigenvalue weighted by molar-refractivity contribution is 0.231. The molecule has 0 fully saturated rings. The fraction of sp³-hybridized carbons (Fsp3) is 0.500. The molecule has 0 aliphatic rings. The van der Waals surface area contributed by atoms with Gasteiger partial charge in [0, 0.05) is 25.8 Å². The van der Waals surface area contributed by atoms with Gasteiger partial charge in [-0.3, -0.25) is 0 Å². The molecule has 0 radical (unpaired) electrons. The maximum absolute atomic E-state index is 11.2. The highest BCUT2D eigenvalue weighted by Crippen LogP contribution is 2.13. The number of hydrogen-bond acceptors (Lipinski definition) is 7. The summed E-state index contributed by atoms with van der Waals surface area (Å²) in [5.74, 6) is -0.0797. The van der Waals surface area contributed by atoms with Crippen LogP contribution in [-0.4, -0.2) is 34.3 Å². The van der Waals surface area contributed by atoms with Gasteiger partial charge >= 0.3 is 0 Å². The minimum Gasteiger partial charge on any atom is -0.398 e. The molecule has 1 rings (SSSR count). The molecule has 0 saturated carbocycles. The van der Waals surface area contributed by atoms with Crippen molar-refractivity contribution in [1.29, 1.82) is 0 Å². The Hall–Kier alpha value is -1.19. The fourth-order valence-corrected chi connectivity index (χ4v) is 2.45. The molecule has 6 N–H and O–H groups in total. The molecule has 0 aliphatic heterocycles. The molecule has 0 heterocycles. The van der Waals surface area contributed by atoms with Crippen LogP contribution >= 0.6 is 0 Å². The molecule has 0 aliphatic carbocycles. The van der Waals surface area contributed by atoms with Gasteiger partial charge in [-0.25, -0.2) is 0 Å². The van der Waals surface area contributed by atoms with Gasteiger partial charge in [-0.1, -0.05) is 12.1 Å². The van der Waals surface area contributed by atoms with Crippen molar-refractivity contribution < 1.29 is 12.7 Å². The van der Waals surface area contributed by atoms with Crippen LogP contribution in [0.15, 0.2) is 18.2 Å². The monoisotopic (exact) mass is 302 g/mol. The van der Waals surface area contributed by atoms with Gasteiger partial charge < -0.3 is 16.8 Å². The highest BCUT2D eigenvalue weighted by Gasteiger charge is 2.09. The number of benzene rings is 1. The molecule has 8 heteroatoms. The maximum atomic E-state index is 11.2. The molecule has 0 bridgehead atoms. The molecule has 0 aromatic heterocycles. The van der Waals surface area contributed by atoms with Crippen molar-refractivity contribution in [2.24, 2.45) is 5.73 Å². The predicted molar refractivity (Wildman–Crippen MR) is 79.3 cm³/mol. The Morgan fingerprint density at radius 3 is 2.70 bits per heavy atom. The number of anilines is 1. The topological polar surface area (TPSA) is 119 Å². The van der Waals surface area contributed by atoms with E-state index < -0.39 is 10.1 Å². The van der Waals surface area contributed by atoms with Gasteiger partial charge in [-0.2, -0.15) is 18.2 Å². The van der Waals surface area contributed by atoms with E-state index in [0.717, 1.165) is 17.5 Å². The van der Waals surface area contributed by atoms with Crippen LogP contribution < -0.4 is 22.3 Å². The zero-order valence-electron chi connectivity index (χ0n) is 11.6. The van der Waals surface area contributed by atoms with Crippen LogP contribution in [0.3, 0.4) is 0 Å². The third-order valence-electron chi connectivity index (χ3n) is 2.76. The Balaban J connectivity index is 2.31. The first-order valence-corrected chi connectivity index (χ1v) is 7.92. The second-order valence-corrected chi connectivity index (χ2v) is 5.98. The molecule has 1 aromatic rings. The number of hydrogen-bond donors (Lipinski definition) is 4. The zero-order valence-corrected chi connectivity index (χ0v) is 12.4. The first-order valence-electron chi connectivity index (χ1n) is 6.34. The van der Waals surface area contributed by atoms with Crippen LogP contribution in [0.25, 0.3) is 0 Å². The number of nitrogens with one attached hydrogen (secondary N) is 2. The summed E-state index contributed by atoms with van der Waals surface area (Å²) >= 11 is 0. The third-order valence-corrected chi connectivity index (χ3v) is 3.88. The molecule has 0 amide bonds. The lowest BCUT2D eigenvalue weighted by Crippen LogP contribution is -2.28. The molecular weight excluding hydrogens is 280 g/mol.